The van der Waals surface area contributed by atoms with Gasteiger partial charge in [0, 0.05) is 6.04 Å². The van der Waals surface area contributed by atoms with E-state index in [1.807, 2.05) is 0 Å². The highest BCUT2D eigenvalue weighted by molar-refractivity contribution is 5.17. The van der Waals surface area contributed by atoms with Crippen LogP contribution in [0.2, 0.25) is 0 Å². The summed E-state index contributed by atoms with van der Waals surface area (Å²) >= 11 is 0. The summed E-state index contributed by atoms with van der Waals surface area (Å²) < 4.78 is 0. The molecular formula is C37H71N. The first-order valence-electron chi connectivity index (χ1n) is 17.8. The maximum absolute atomic E-state index is 3.90. The summed E-state index contributed by atoms with van der Waals surface area (Å²) in [5.74, 6) is 8.41. The van der Waals surface area contributed by atoms with Gasteiger partial charge in [-0.1, -0.05) is 114 Å². The molecule has 10 unspecified atom stereocenters. The first kappa shape index (κ1) is 32.5. The lowest BCUT2D eigenvalue weighted by atomic mass is 9.60. The van der Waals surface area contributed by atoms with Gasteiger partial charge >= 0.3 is 0 Å². The van der Waals surface area contributed by atoms with E-state index < -0.39 is 0 Å². The van der Waals surface area contributed by atoms with E-state index in [-0.39, 0.29) is 0 Å². The number of rotatable bonds is 17. The third kappa shape index (κ3) is 7.42. The molecule has 3 saturated carbocycles. The van der Waals surface area contributed by atoms with Gasteiger partial charge in [-0.2, -0.15) is 0 Å². The molecule has 0 aromatic carbocycles. The van der Waals surface area contributed by atoms with Crippen LogP contribution >= 0.6 is 0 Å². The molecule has 0 radical (unpaired) electrons. The normalized spacial score (nSPS) is 35.6. The fraction of sp³-hybridized carbons (Fsp3) is 1.00. The van der Waals surface area contributed by atoms with Crippen molar-refractivity contribution in [1.82, 2.24) is 5.32 Å². The van der Waals surface area contributed by atoms with Crippen molar-refractivity contribution in [3.05, 3.63) is 0 Å². The Hall–Kier alpha value is -0.0400. The van der Waals surface area contributed by atoms with Crippen LogP contribution in [0.25, 0.3) is 0 Å². The summed E-state index contributed by atoms with van der Waals surface area (Å²) in [7, 11) is 2.27. The van der Waals surface area contributed by atoms with Gasteiger partial charge in [-0.15, -0.1) is 0 Å². The smallest absolute Gasteiger partial charge is 0.0121 e. The highest BCUT2D eigenvalue weighted by Crippen LogP contribution is 2.74. The van der Waals surface area contributed by atoms with Crippen molar-refractivity contribution in [3.63, 3.8) is 0 Å². The largest absolute Gasteiger partial charge is 0.316 e. The van der Waals surface area contributed by atoms with Crippen molar-refractivity contribution >= 4 is 0 Å². The minimum Gasteiger partial charge on any atom is -0.316 e. The molecule has 224 valence electrons. The fourth-order valence-electron chi connectivity index (χ4n) is 10.0. The summed E-state index contributed by atoms with van der Waals surface area (Å²) in [6, 6.07) is 0.665. The van der Waals surface area contributed by atoms with Crippen LogP contribution < -0.4 is 5.32 Å². The molecule has 3 aliphatic carbocycles. The van der Waals surface area contributed by atoms with Crippen LogP contribution in [-0.2, 0) is 0 Å². The summed E-state index contributed by atoms with van der Waals surface area (Å²) in [4.78, 5) is 0. The maximum atomic E-state index is 3.90. The molecular weight excluding hydrogens is 458 g/mol. The van der Waals surface area contributed by atoms with Crippen LogP contribution in [0.5, 0.6) is 0 Å². The van der Waals surface area contributed by atoms with E-state index in [4.69, 9.17) is 0 Å². The van der Waals surface area contributed by atoms with Crippen LogP contribution in [-0.4, -0.2) is 13.1 Å². The van der Waals surface area contributed by atoms with E-state index in [0.29, 0.717) is 22.8 Å². The quantitative estimate of drug-likeness (QED) is 0.197. The van der Waals surface area contributed by atoms with E-state index in [1.54, 1.807) is 12.8 Å². The molecule has 0 aromatic heterocycles. The zero-order valence-corrected chi connectivity index (χ0v) is 27.9. The van der Waals surface area contributed by atoms with Crippen molar-refractivity contribution in [2.45, 2.75) is 165 Å². The summed E-state index contributed by atoms with van der Waals surface area (Å²) in [5, 5.41) is 3.90. The van der Waals surface area contributed by atoms with E-state index >= 15 is 0 Å². The average molecular weight is 530 g/mol. The van der Waals surface area contributed by atoms with E-state index in [1.165, 1.54) is 83.5 Å². The Balaban J connectivity index is 1.89. The van der Waals surface area contributed by atoms with Crippen LogP contribution in [0.4, 0.5) is 0 Å². The lowest BCUT2D eigenvalue weighted by Crippen LogP contribution is -2.47. The van der Waals surface area contributed by atoms with Gasteiger partial charge in [-0.3, -0.25) is 0 Å². The molecule has 0 amide bonds. The Bertz CT molecular complexity index is 680. The first-order valence-corrected chi connectivity index (χ1v) is 17.8. The van der Waals surface area contributed by atoms with Gasteiger partial charge in [0.15, 0.2) is 0 Å². The topological polar surface area (TPSA) is 12.0 Å². The minimum atomic E-state index is 0.509. The van der Waals surface area contributed by atoms with Gasteiger partial charge in [-0.25, -0.2) is 0 Å². The summed E-state index contributed by atoms with van der Waals surface area (Å²) in [6.07, 6.45) is 21.9. The van der Waals surface area contributed by atoms with Crippen molar-refractivity contribution in [2.24, 2.45) is 64.1 Å². The third-order valence-corrected chi connectivity index (χ3v) is 12.9. The molecule has 1 heteroatoms. The molecule has 1 N–H and O–H groups in total. The molecule has 3 rings (SSSR count). The van der Waals surface area contributed by atoms with Gasteiger partial charge in [0.1, 0.15) is 0 Å². The molecule has 1 nitrogen and oxygen atoms in total. The van der Waals surface area contributed by atoms with E-state index in [2.05, 4.69) is 74.7 Å². The van der Waals surface area contributed by atoms with Crippen LogP contribution in [0, 0.1) is 64.1 Å². The lowest BCUT2D eigenvalue weighted by molar-refractivity contribution is 0.0340. The molecule has 3 fully saturated rings. The second kappa shape index (κ2) is 14.2. The van der Waals surface area contributed by atoms with Gasteiger partial charge < -0.3 is 5.32 Å². The predicted molar refractivity (Wildman–Crippen MR) is 169 cm³/mol. The zero-order chi connectivity index (χ0) is 28.1. The molecule has 0 aliphatic heterocycles. The summed E-state index contributed by atoms with van der Waals surface area (Å²) in [6.45, 7) is 22.6. The fourth-order valence-corrected chi connectivity index (χ4v) is 10.0. The Labute approximate surface area is 240 Å². The molecule has 0 saturated heterocycles. The maximum Gasteiger partial charge on any atom is 0.0121 e. The number of hydrogen-bond donors (Lipinski definition) is 1. The second-order valence-electron chi connectivity index (χ2n) is 15.9. The monoisotopic (exact) mass is 530 g/mol. The molecule has 38 heavy (non-hydrogen) atoms. The second-order valence-corrected chi connectivity index (χ2v) is 15.9. The van der Waals surface area contributed by atoms with Crippen molar-refractivity contribution < 1.29 is 0 Å². The highest BCUT2D eigenvalue weighted by Gasteiger charge is 2.68. The molecule has 0 aromatic rings. The van der Waals surface area contributed by atoms with Gasteiger partial charge in [-0.05, 0) is 116 Å². The Morgan fingerprint density at radius 1 is 0.895 bits per heavy atom. The Kier molecular flexibility index (Phi) is 12.2. The SMILES string of the molecule is CCCC(C(NC)C(C)C)C12CC1C(C)(C)CCC(C1CC1CC)CC2CCC(CC)CCCC(C)CC. The van der Waals surface area contributed by atoms with E-state index in [9.17, 15) is 0 Å². The molecule has 0 bridgehead atoms. The molecule has 10 atom stereocenters. The Morgan fingerprint density at radius 3 is 2.18 bits per heavy atom. The Morgan fingerprint density at radius 2 is 1.63 bits per heavy atom. The number of hydrogen-bond acceptors (Lipinski definition) is 1. The van der Waals surface area contributed by atoms with Crippen molar-refractivity contribution in [1.29, 1.82) is 0 Å². The average Bonchev–Trinajstić information content (AvgIpc) is 3.80. The van der Waals surface area contributed by atoms with Crippen LogP contribution in [0.3, 0.4) is 0 Å². The zero-order valence-electron chi connectivity index (χ0n) is 27.9. The molecule has 0 spiro atoms. The van der Waals surface area contributed by atoms with Crippen LogP contribution in [0.1, 0.15) is 159 Å². The van der Waals surface area contributed by atoms with Crippen molar-refractivity contribution in [2.75, 3.05) is 7.05 Å². The van der Waals surface area contributed by atoms with Gasteiger partial charge in [0.05, 0.1) is 0 Å². The highest BCUT2D eigenvalue weighted by atomic mass is 14.9. The predicted octanol–water partition coefficient (Wildman–Crippen LogP) is 11.2. The van der Waals surface area contributed by atoms with Gasteiger partial charge in [0.2, 0.25) is 0 Å². The van der Waals surface area contributed by atoms with E-state index in [0.717, 1.165) is 47.3 Å². The van der Waals surface area contributed by atoms with Crippen LogP contribution in [0.15, 0.2) is 0 Å². The lowest BCUT2D eigenvalue weighted by Gasteiger charge is -2.47. The minimum absolute atomic E-state index is 0.509. The molecule has 3 aliphatic rings. The number of nitrogens with one attached hydrogen (secondary N) is 1. The van der Waals surface area contributed by atoms with Crippen molar-refractivity contribution in [3.8, 4) is 0 Å². The van der Waals surface area contributed by atoms with Gasteiger partial charge in [0.25, 0.3) is 0 Å². The number of fused-ring (bicyclic) bond motifs is 1. The standard InChI is InChI=1S/C37H71N/c1-11-16-33(35(38-10)26(5)6)37-25-34(37)36(8,9)22-21-30(32-24-29(32)14-4)23-31(37)20-19-28(13-3)18-15-17-27(7)12-2/h26-35,38H,11-25H2,1-10H3. The summed E-state index contributed by atoms with van der Waals surface area (Å²) in [5.41, 5.74) is 1.09. The molecule has 0 heterocycles. The third-order valence-electron chi connectivity index (χ3n) is 12.9. The first-order chi connectivity index (χ1) is 18.1.